The quantitative estimate of drug-likeness (QED) is 0.907. The first-order valence-electron chi connectivity index (χ1n) is 7.29. The molecular formula is C14H22N4O2. The zero-order chi connectivity index (χ0) is 14.0. The lowest BCUT2D eigenvalue weighted by atomic mass is 10.0. The monoisotopic (exact) mass is 278 g/mol. The van der Waals surface area contributed by atoms with E-state index in [-0.39, 0.29) is 5.79 Å². The van der Waals surface area contributed by atoms with E-state index in [2.05, 4.69) is 34.0 Å². The average molecular weight is 278 g/mol. The predicted octanol–water partition coefficient (Wildman–Crippen LogP) is 1.64. The summed E-state index contributed by atoms with van der Waals surface area (Å²) >= 11 is 0. The van der Waals surface area contributed by atoms with Gasteiger partial charge >= 0.3 is 0 Å². The molecule has 2 saturated heterocycles. The normalized spacial score (nSPS) is 21.6. The molecule has 2 aliphatic heterocycles. The predicted molar refractivity (Wildman–Crippen MR) is 76.9 cm³/mol. The smallest absolute Gasteiger partial charge is 0.227 e. The summed E-state index contributed by atoms with van der Waals surface area (Å²) in [5, 5.41) is 3.31. The van der Waals surface area contributed by atoms with E-state index in [1.54, 1.807) is 6.20 Å². The van der Waals surface area contributed by atoms with Gasteiger partial charge in [-0.1, -0.05) is 0 Å². The van der Waals surface area contributed by atoms with Crippen molar-refractivity contribution in [2.24, 2.45) is 0 Å². The fraction of sp³-hybridized carbons (Fsp3) is 0.714. The van der Waals surface area contributed by atoms with Crippen LogP contribution in [-0.4, -0.2) is 48.1 Å². The summed E-state index contributed by atoms with van der Waals surface area (Å²) in [5.41, 5.74) is 0. The number of anilines is 2. The molecule has 0 unspecified atom stereocenters. The number of piperidine rings is 1. The first-order chi connectivity index (χ1) is 9.67. The first-order valence-corrected chi connectivity index (χ1v) is 7.29. The van der Waals surface area contributed by atoms with Gasteiger partial charge < -0.3 is 19.7 Å². The summed E-state index contributed by atoms with van der Waals surface area (Å²) < 4.78 is 11.5. The number of nitrogens with one attached hydrogen (secondary N) is 1. The molecular weight excluding hydrogens is 256 g/mol. The number of aromatic nitrogens is 2. The van der Waals surface area contributed by atoms with E-state index >= 15 is 0 Å². The van der Waals surface area contributed by atoms with Crippen LogP contribution >= 0.6 is 0 Å². The second-order valence-electron chi connectivity index (χ2n) is 5.64. The zero-order valence-electron chi connectivity index (χ0n) is 12.1. The van der Waals surface area contributed by atoms with E-state index < -0.39 is 0 Å². The molecule has 1 aromatic heterocycles. The molecule has 20 heavy (non-hydrogen) atoms. The molecule has 3 heterocycles. The molecule has 2 fully saturated rings. The Bertz CT molecular complexity index is 450. The number of hydrogen-bond acceptors (Lipinski definition) is 6. The van der Waals surface area contributed by atoms with E-state index in [9.17, 15) is 0 Å². The van der Waals surface area contributed by atoms with Crippen molar-refractivity contribution in [3.8, 4) is 0 Å². The minimum atomic E-state index is -0.343. The van der Waals surface area contributed by atoms with Crippen molar-refractivity contribution in [2.45, 2.75) is 38.5 Å². The second-order valence-corrected chi connectivity index (χ2v) is 5.64. The van der Waals surface area contributed by atoms with Crippen molar-refractivity contribution in [2.75, 3.05) is 36.5 Å². The van der Waals surface area contributed by atoms with Crippen LogP contribution in [0.5, 0.6) is 0 Å². The van der Waals surface area contributed by atoms with Gasteiger partial charge in [-0.25, -0.2) is 4.98 Å². The lowest BCUT2D eigenvalue weighted by Gasteiger charge is -2.37. The molecule has 6 heteroatoms. The van der Waals surface area contributed by atoms with Crippen molar-refractivity contribution in [3.63, 3.8) is 0 Å². The first kappa shape index (κ1) is 13.6. The van der Waals surface area contributed by atoms with Gasteiger partial charge in [-0.2, -0.15) is 4.98 Å². The van der Waals surface area contributed by atoms with Gasteiger partial charge in [0.1, 0.15) is 5.82 Å². The van der Waals surface area contributed by atoms with Gasteiger partial charge in [-0.3, -0.25) is 0 Å². The number of ether oxygens (including phenoxy) is 2. The molecule has 0 bridgehead atoms. The molecule has 6 nitrogen and oxygen atoms in total. The van der Waals surface area contributed by atoms with Gasteiger partial charge in [0, 0.05) is 38.2 Å². The average Bonchev–Trinajstić information content (AvgIpc) is 2.87. The van der Waals surface area contributed by atoms with Crippen LogP contribution in [0.1, 0.15) is 26.7 Å². The molecule has 0 aliphatic carbocycles. The third-order valence-corrected chi connectivity index (χ3v) is 3.70. The number of hydrogen-bond donors (Lipinski definition) is 1. The highest BCUT2D eigenvalue weighted by Crippen LogP contribution is 2.32. The van der Waals surface area contributed by atoms with Crippen LogP contribution in [0.3, 0.4) is 0 Å². The maximum atomic E-state index is 5.74. The summed E-state index contributed by atoms with van der Waals surface area (Å²) in [6.07, 6.45) is 3.55. The molecule has 1 N–H and O–H groups in total. The fourth-order valence-corrected chi connectivity index (χ4v) is 2.71. The lowest BCUT2D eigenvalue weighted by Crippen LogP contribution is -2.45. The van der Waals surface area contributed by atoms with Crippen LogP contribution < -0.4 is 10.2 Å². The summed E-state index contributed by atoms with van der Waals surface area (Å²) in [4.78, 5) is 11.1. The molecule has 0 aromatic carbocycles. The van der Waals surface area contributed by atoms with Gasteiger partial charge in [-0.15, -0.1) is 0 Å². The maximum absolute atomic E-state index is 5.74. The Balaban J connectivity index is 1.65. The Morgan fingerprint density at radius 1 is 1.25 bits per heavy atom. The van der Waals surface area contributed by atoms with Crippen molar-refractivity contribution in [1.29, 1.82) is 0 Å². The van der Waals surface area contributed by atoms with Crippen molar-refractivity contribution < 1.29 is 9.47 Å². The van der Waals surface area contributed by atoms with Crippen LogP contribution in [0.15, 0.2) is 12.3 Å². The topological polar surface area (TPSA) is 59.5 Å². The molecule has 0 saturated carbocycles. The fourth-order valence-electron chi connectivity index (χ4n) is 2.71. The minimum absolute atomic E-state index is 0.343. The van der Waals surface area contributed by atoms with E-state index in [4.69, 9.17) is 9.47 Å². The molecule has 2 aliphatic rings. The summed E-state index contributed by atoms with van der Waals surface area (Å²) in [6.45, 7) is 7.35. The second kappa shape index (κ2) is 5.54. The summed E-state index contributed by atoms with van der Waals surface area (Å²) in [6, 6.07) is 2.26. The number of rotatable bonds is 3. The van der Waals surface area contributed by atoms with Gasteiger partial charge in [0.25, 0.3) is 0 Å². The van der Waals surface area contributed by atoms with Gasteiger partial charge in [0.05, 0.1) is 13.2 Å². The third kappa shape index (κ3) is 2.86. The summed E-state index contributed by atoms with van der Waals surface area (Å²) in [5.74, 6) is 1.31. The van der Waals surface area contributed by atoms with Crippen LogP contribution in [0.2, 0.25) is 0 Å². The van der Waals surface area contributed by atoms with E-state index in [0.717, 1.165) is 37.7 Å². The van der Waals surface area contributed by atoms with Crippen molar-refractivity contribution in [3.05, 3.63) is 12.3 Å². The van der Waals surface area contributed by atoms with Crippen molar-refractivity contribution >= 4 is 11.8 Å². The number of nitrogens with zero attached hydrogens (tertiary/aromatic N) is 3. The molecule has 0 radical (unpaired) electrons. The van der Waals surface area contributed by atoms with Gasteiger partial charge in [0.15, 0.2) is 5.79 Å². The molecule has 1 spiro atoms. The standard InChI is InChI=1S/C14H22N4O2/c1-11(2)16-12-3-6-15-13(17-12)18-7-4-14(5-8-18)19-9-10-20-14/h3,6,11H,4-5,7-10H2,1-2H3,(H,15,16,17). The Kier molecular flexibility index (Phi) is 3.76. The molecule has 0 amide bonds. The van der Waals surface area contributed by atoms with Gasteiger partial charge in [-0.05, 0) is 19.9 Å². The third-order valence-electron chi connectivity index (χ3n) is 3.70. The van der Waals surface area contributed by atoms with Crippen LogP contribution in [0.4, 0.5) is 11.8 Å². The maximum Gasteiger partial charge on any atom is 0.227 e. The zero-order valence-corrected chi connectivity index (χ0v) is 12.1. The van der Waals surface area contributed by atoms with E-state index in [1.165, 1.54) is 0 Å². The highest BCUT2D eigenvalue weighted by Gasteiger charge is 2.40. The molecule has 110 valence electrons. The van der Waals surface area contributed by atoms with Crippen LogP contribution in [-0.2, 0) is 9.47 Å². The molecule has 1 aromatic rings. The van der Waals surface area contributed by atoms with Crippen molar-refractivity contribution in [1.82, 2.24) is 9.97 Å². The van der Waals surface area contributed by atoms with Crippen LogP contribution in [0.25, 0.3) is 0 Å². The van der Waals surface area contributed by atoms with Gasteiger partial charge in [0.2, 0.25) is 5.95 Å². The SMILES string of the molecule is CC(C)Nc1ccnc(N2CCC3(CC2)OCCO3)n1. The highest BCUT2D eigenvalue weighted by molar-refractivity contribution is 5.42. The minimum Gasteiger partial charge on any atom is -0.368 e. The lowest BCUT2D eigenvalue weighted by molar-refractivity contribution is -0.169. The Morgan fingerprint density at radius 3 is 2.60 bits per heavy atom. The Labute approximate surface area is 119 Å². The largest absolute Gasteiger partial charge is 0.368 e. The molecule has 3 rings (SSSR count). The van der Waals surface area contributed by atoms with Crippen LogP contribution in [0, 0.1) is 0 Å². The van der Waals surface area contributed by atoms with E-state index in [0.29, 0.717) is 19.3 Å². The summed E-state index contributed by atoms with van der Waals surface area (Å²) in [7, 11) is 0. The Morgan fingerprint density at radius 2 is 1.95 bits per heavy atom. The highest BCUT2D eigenvalue weighted by atomic mass is 16.7. The molecule has 0 atom stereocenters. The Hall–Kier alpha value is -1.40. The van der Waals surface area contributed by atoms with E-state index in [1.807, 2.05) is 6.07 Å².